The van der Waals surface area contributed by atoms with Gasteiger partial charge in [0.15, 0.2) is 0 Å². The van der Waals surface area contributed by atoms with E-state index in [0.717, 1.165) is 37.4 Å². The topological polar surface area (TPSA) is 58.8 Å². The smallest absolute Gasteiger partial charge is 0.236 e. The molecule has 2 rings (SSSR count). The van der Waals surface area contributed by atoms with Crippen LogP contribution in [0.4, 0.5) is 0 Å². The number of nitrogens with zero attached hydrogens (tertiary/aromatic N) is 2. The predicted octanol–water partition coefficient (Wildman–Crippen LogP) is 0.688. The Bertz CT molecular complexity index is 433. The molecule has 20 heavy (non-hydrogen) atoms. The van der Waals surface area contributed by atoms with Gasteiger partial charge in [0.05, 0.1) is 6.54 Å². The fraction of sp³-hybridized carbons (Fsp3) is 0.533. The zero-order chi connectivity index (χ0) is 14.4. The van der Waals surface area contributed by atoms with Crippen molar-refractivity contribution in [1.82, 2.24) is 9.80 Å². The molecule has 2 N–H and O–H groups in total. The zero-order valence-electron chi connectivity index (χ0n) is 12.0. The highest BCUT2D eigenvalue weighted by Crippen LogP contribution is 2.12. The Morgan fingerprint density at radius 2 is 2.00 bits per heavy atom. The summed E-state index contributed by atoms with van der Waals surface area (Å²) in [6, 6.07) is 7.81. The second-order valence-corrected chi connectivity index (χ2v) is 5.14. The average Bonchev–Trinajstić information content (AvgIpc) is 2.62. The van der Waals surface area contributed by atoms with Gasteiger partial charge in [0.1, 0.15) is 12.4 Å². The molecule has 1 aromatic rings. The highest BCUT2D eigenvalue weighted by Gasteiger charge is 2.18. The summed E-state index contributed by atoms with van der Waals surface area (Å²) in [4.78, 5) is 15.7. The number of amides is 1. The third-order valence-electron chi connectivity index (χ3n) is 3.59. The monoisotopic (exact) mass is 277 g/mol. The van der Waals surface area contributed by atoms with E-state index in [0.29, 0.717) is 19.7 Å². The standard InChI is InChI=1S/C15H23N3O2/c1-17-7-2-8-18(12-15(17)19)9-10-20-14-5-3-13(11-16)4-6-14/h3-6H,2,7-12,16H2,1H3. The van der Waals surface area contributed by atoms with E-state index in [4.69, 9.17) is 10.5 Å². The number of carbonyl (C=O) groups is 1. The lowest BCUT2D eigenvalue weighted by Gasteiger charge is -2.19. The van der Waals surface area contributed by atoms with Crippen LogP contribution >= 0.6 is 0 Å². The lowest BCUT2D eigenvalue weighted by Crippen LogP contribution is -2.36. The number of hydrogen-bond donors (Lipinski definition) is 1. The van der Waals surface area contributed by atoms with Gasteiger partial charge in [-0.15, -0.1) is 0 Å². The van der Waals surface area contributed by atoms with E-state index in [1.165, 1.54) is 0 Å². The van der Waals surface area contributed by atoms with Crippen molar-refractivity contribution in [2.24, 2.45) is 5.73 Å². The zero-order valence-corrected chi connectivity index (χ0v) is 12.0. The van der Waals surface area contributed by atoms with Crippen molar-refractivity contribution >= 4 is 5.91 Å². The first kappa shape index (κ1) is 14.8. The van der Waals surface area contributed by atoms with E-state index >= 15 is 0 Å². The van der Waals surface area contributed by atoms with Crippen LogP contribution in [-0.2, 0) is 11.3 Å². The molecule has 1 aliphatic rings. The maximum Gasteiger partial charge on any atom is 0.236 e. The summed E-state index contributed by atoms with van der Waals surface area (Å²) in [6.07, 6.45) is 1.02. The minimum atomic E-state index is 0.190. The number of benzene rings is 1. The molecule has 0 aliphatic carbocycles. The van der Waals surface area contributed by atoms with Gasteiger partial charge >= 0.3 is 0 Å². The SMILES string of the molecule is CN1CCCN(CCOc2ccc(CN)cc2)CC1=O. The van der Waals surface area contributed by atoms with Crippen LogP contribution < -0.4 is 10.5 Å². The van der Waals surface area contributed by atoms with Gasteiger partial charge in [-0.1, -0.05) is 12.1 Å². The molecule has 1 saturated heterocycles. The highest BCUT2D eigenvalue weighted by molar-refractivity contribution is 5.78. The molecule has 5 nitrogen and oxygen atoms in total. The van der Waals surface area contributed by atoms with Crippen LogP contribution in [0.1, 0.15) is 12.0 Å². The van der Waals surface area contributed by atoms with Crippen LogP contribution in [0.5, 0.6) is 5.75 Å². The third-order valence-corrected chi connectivity index (χ3v) is 3.59. The molecule has 1 heterocycles. The van der Waals surface area contributed by atoms with Crippen molar-refractivity contribution in [1.29, 1.82) is 0 Å². The number of hydrogen-bond acceptors (Lipinski definition) is 4. The van der Waals surface area contributed by atoms with Crippen molar-refractivity contribution in [2.45, 2.75) is 13.0 Å². The number of likely N-dealkylation sites (N-methyl/N-ethyl adjacent to an activating group) is 1. The van der Waals surface area contributed by atoms with Gasteiger partial charge in [0, 0.05) is 33.2 Å². The molecular formula is C15H23N3O2. The highest BCUT2D eigenvalue weighted by atomic mass is 16.5. The lowest BCUT2D eigenvalue weighted by atomic mass is 10.2. The lowest BCUT2D eigenvalue weighted by molar-refractivity contribution is -0.129. The summed E-state index contributed by atoms with van der Waals surface area (Å²) in [7, 11) is 1.86. The van der Waals surface area contributed by atoms with Gasteiger partial charge in [0.2, 0.25) is 5.91 Å². The Balaban J connectivity index is 1.75. The first-order valence-corrected chi connectivity index (χ1v) is 7.07. The second-order valence-electron chi connectivity index (χ2n) is 5.14. The number of carbonyl (C=O) groups excluding carboxylic acids is 1. The summed E-state index contributed by atoms with van der Waals surface area (Å²) in [5, 5.41) is 0. The van der Waals surface area contributed by atoms with Crippen molar-refractivity contribution in [3.05, 3.63) is 29.8 Å². The summed E-state index contributed by atoms with van der Waals surface area (Å²) >= 11 is 0. The molecule has 1 amide bonds. The van der Waals surface area contributed by atoms with E-state index in [9.17, 15) is 4.79 Å². The van der Waals surface area contributed by atoms with Crippen molar-refractivity contribution in [2.75, 3.05) is 39.8 Å². The first-order valence-electron chi connectivity index (χ1n) is 7.07. The molecule has 1 fully saturated rings. The van der Waals surface area contributed by atoms with Gasteiger partial charge in [-0.25, -0.2) is 0 Å². The van der Waals surface area contributed by atoms with Gasteiger partial charge in [-0.05, 0) is 24.1 Å². The minimum absolute atomic E-state index is 0.190. The van der Waals surface area contributed by atoms with Gasteiger partial charge in [-0.2, -0.15) is 0 Å². The Hall–Kier alpha value is -1.59. The molecule has 0 bridgehead atoms. The van der Waals surface area contributed by atoms with E-state index in [-0.39, 0.29) is 5.91 Å². The molecule has 0 radical (unpaired) electrons. The molecule has 0 saturated carbocycles. The van der Waals surface area contributed by atoms with Crippen LogP contribution in [0, 0.1) is 0 Å². The van der Waals surface area contributed by atoms with Crippen LogP contribution in [-0.4, -0.2) is 55.5 Å². The van der Waals surface area contributed by atoms with Crippen molar-refractivity contribution in [3.8, 4) is 5.75 Å². The molecule has 110 valence electrons. The van der Waals surface area contributed by atoms with Crippen LogP contribution in [0.2, 0.25) is 0 Å². The molecule has 5 heteroatoms. The molecule has 0 spiro atoms. The predicted molar refractivity (Wildman–Crippen MR) is 78.5 cm³/mol. The summed E-state index contributed by atoms with van der Waals surface area (Å²) in [6.45, 7) is 4.20. The summed E-state index contributed by atoms with van der Waals surface area (Å²) < 4.78 is 5.70. The second kappa shape index (κ2) is 7.26. The normalized spacial score (nSPS) is 17.1. The van der Waals surface area contributed by atoms with E-state index in [1.54, 1.807) is 4.90 Å². The molecular weight excluding hydrogens is 254 g/mol. The van der Waals surface area contributed by atoms with Crippen LogP contribution in [0.15, 0.2) is 24.3 Å². The van der Waals surface area contributed by atoms with E-state index < -0.39 is 0 Å². The largest absolute Gasteiger partial charge is 0.492 e. The number of ether oxygens (including phenoxy) is 1. The van der Waals surface area contributed by atoms with Crippen molar-refractivity contribution < 1.29 is 9.53 Å². The molecule has 0 aromatic heterocycles. The van der Waals surface area contributed by atoms with Crippen LogP contribution in [0.3, 0.4) is 0 Å². The van der Waals surface area contributed by atoms with Gasteiger partial charge in [0.25, 0.3) is 0 Å². The molecule has 1 aromatic carbocycles. The summed E-state index contributed by atoms with van der Waals surface area (Å²) in [5.41, 5.74) is 6.65. The van der Waals surface area contributed by atoms with Crippen molar-refractivity contribution in [3.63, 3.8) is 0 Å². The number of rotatable bonds is 5. The van der Waals surface area contributed by atoms with E-state index in [2.05, 4.69) is 4.90 Å². The third kappa shape index (κ3) is 4.21. The van der Waals surface area contributed by atoms with Crippen LogP contribution in [0.25, 0.3) is 0 Å². The average molecular weight is 277 g/mol. The first-order chi connectivity index (χ1) is 9.69. The summed E-state index contributed by atoms with van der Waals surface area (Å²) in [5.74, 6) is 1.04. The maximum atomic E-state index is 11.8. The Morgan fingerprint density at radius 3 is 2.70 bits per heavy atom. The Labute approximate surface area is 120 Å². The maximum absolute atomic E-state index is 11.8. The quantitative estimate of drug-likeness (QED) is 0.860. The molecule has 1 aliphatic heterocycles. The van der Waals surface area contributed by atoms with E-state index in [1.807, 2.05) is 31.3 Å². The number of nitrogens with two attached hydrogens (primary N) is 1. The fourth-order valence-electron chi connectivity index (χ4n) is 2.25. The molecule has 0 atom stereocenters. The Kier molecular flexibility index (Phi) is 5.38. The molecule has 0 unspecified atom stereocenters. The van der Waals surface area contributed by atoms with Gasteiger partial charge < -0.3 is 15.4 Å². The Morgan fingerprint density at radius 1 is 1.25 bits per heavy atom. The fourth-order valence-corrected chi connectivity index (χ4v) is 2.25. The minimum Gasteiger partial charge on any atom is -0.492 e. The van der Waals surface area contributed by atoms with Gasteiger partial charge in [-0.3, -0.25) is 9.69 Å².